The molecule has 1 amide bonds. The van der Waals surface area contributed by atoms with E-state index in [1.54, 1.807) is 12.1 Å². The van der Waals surface area contributed by atoms with Gasteiger partial charge in [0.15, 0.2) is 11.6 Å². The maximum absolute atomic E-state index is 13.7. The molecule has 1 saturated heterocycles. The van der Waals surface area contributed by atoms with Crippen molar-refractivity contribution in [2.45, 2.75) is 12.8 Å². The zero-order valence-electron chi connectivity index (χ0n) is 15.0. The van der Waals surface area contributed by atoms with E-state index in [1.807, 2.05) is 18.2 Å². The quantitative estimate of drug-likeness (QED) is 0.825. The number of carbonyl (C=O) groups is 1. The van der Waals surface area contributed by atoms with Gasteiger partial charge in [0, 0.05) is 24.4 Å². The molecule has 0 aromatic heterocycles. The second kappa shape index (κ2) is 8.62. The average molecular weight is 406 g/mol. The lowest BCUT2D eigenvalue weighted by atomic mass is 9.97. The minimum atomic E-state index is -3.59. The number of amides is 1. The number of halogens is 2. The van der Waals surface area contributed by atoms with E-state index in [1.165, 1.54) is 22.5 Å². The molecule has 0 bridgehead atoms. The Bertz CT molecular complexity index is 970. The summed E-state index contributed by atoms with van der Waals surface area (Å²) in [6.07, 6.45) is 2.14. The van der Waals surface area contributed by atoms with Gasteiger partial charge in [-0.3, -0.25) is 4.79 Å². The van der Waals surface area contributed by atoms with E-state index >= 15 is 0 Å². The van der Waals surface area contributed by atoms with Crippen LogP contribution in [0.2, 0.25) is 0 Å². The molecule has 1 heterocycles. The average Bonchev–Trinajstić information content (AvgIpc) is 2.71. The molecule has 2 aromatic carbocycles. The molecule has 8 heteroatoms. The lowest BCUT2D eigenvalue weighted by Gasteiger charge is -2.29. The van der Waals surface area contributed by atoms with Crippen LogP contribution in [0.15, 0.2) is 53.9 Å². The van der Waals surface area contributed by atoms with Gasteiger partial charge in [-0.05, 0) is 36.6 Å². The second-order valence-electron chi connectivity index (χ2n) is 6.52. The fraction of sp³-hybridized carbons (Fsp3) is 0.250. The lowest BCUT2D eigenvalue weighted by molar-refractivity contribution is -0.120. The predicted molar refractivity (Wildman–Crippen MR) is 104 cm³/mol. The van der Waals surface area contributed by atoms with Crippen LogP contribution in [0, 0.1) is 17.6 Å². The van der Waals surface area contributed by atoms with Gasteiger partial charge in [0.05, 0.1) is 5.69 Å². The summed E-state index contributed by atoms with van der Waals surface area (Å²) in [5.74, 6) is -3.06. The van der Waals surface area contributed by atoms with E-state index < -0.39 is 33.5 Å². The van der Waals surface area contributed by atoms with Gasteiger partial charge in [-0.2, -0.15) is 4.31 Å². The minimum Gasteiger partial charge on any atom is -0.323 e. The maximum Gasteiger partial charge on any atom is 0.236 e. The molecule has 3 rings (SSSR count). The van der Waals surface area contributed by atoms with Crippen LogP contribution >= 0.6 is 0 Å². The van der Waals surface area contributed by atoms with Gasteiger partial charge in [0.25, 0.3) is 0 Å². The number of anilines is 1. The summed E-state index contributed by atoms with van der Waals surface area (Å²) >= 11 is 0. The molecule has 5 nitrogen and oxygen atoms in total. The van der Waals surface area contributed by atoms with Crippen LogP contribution in [0.3, 0.4) is 0 Å². The summed E-state index contributed by atoms with van der Waals surface area (Å²) in [6.45, 7) is 0.371. The Hall–Kier alpha value is -2.58. The number of benzene rings is 2. The summed E-state index contributed by atoms with van der Waals surface area (Å²) in [5, 5.41) is 3.54. The highest BCUT2D eigenvalue weighted by molar-refractivity contribution is 7.92. The van der Waals surface area contributed by atoms with Crippen molar-refractivity contribution < 1.29 is 22.0 Å². The van der Waals surface area contributed by atoms with Crippen LogP contribution in [-0.4, -0.2) is 31.7 Å². The van der Waals surface area contributed by atoms with E-state index in [9.17, 15) is 22.0 Å². The third-order valence-corrected chi connectivity index (χ3v) is 6.19. The fourth-order valence-corrected chi connectivity index (χ4v) is 4.24. The Morgan fingerprint density at radius 3 is 2.39 bits per heavy atom. The number of sulfonamides is 1. The van der Waals surface area contributed by atoms with Gasteiger partial charge in [-0.25, -0.2) is 17.2 Å². The van der Waals surface area contributed by atoms with Gasteiger partial charge in [-0.15, -0.1) is 0 Å². The third-order valence-electron chi connectivity index (χ3n) is 4.63. The Morgan fingerprint density at radius 2 is 1.71 bits per heavy atom. The zero-order valence-corrected chi connectivity index (χ0v) is 15.8. The molecule has 28 heavy (non-hydrogen) atoms. The van der Waals surface area contributed by atoms with Crippen molar-refractivity contribution in [3.63, 3.8) is 0 Å². The van der Waals surface area contributed by atoms with Gasteiger partial charge in [-0.1, -0.05) is 36.4 Å². The summed E-state index contributed by atoms with van der Waals surface area (Å²) in [7, 11) is -3.59. The lowest BCUT2D eigenvalue weighted by Crippen LogP contribution is -2.40. The fourth-order valence-electron chi connectivity index (χ4n) is 3.02. The predicted octanol–water partition coefficient (Wildman–Crippen LogP) is 3.62. The summed E-state index contributed by atoms with van der Waals surface area (Å²) in [4.78, 5) is 12.3. The first-order valence-corrected chi connectivity index (χ1v) is 10.4. The smallest absolute Gasteiger partial charge is 0.236 e. The second-order valence-corrected chi connectivity index (χ2v) is 8.34. The molecule has 0 atom stereocenters. The molecule has 1 N–H and O–H groups in total. The van der Waals surface area contributed by atoms with Crippen molar-refractivity contribution in [2.75, 3.05) is 18.4 Å². The van der Waals surface area contributed by atoms with Crippen molar-refractivity contribution >= 4 is 27.7 Å². The first kappa shape index (κ1) is 20.2. The molecular weight excluding hydrogens is 386 g/mol. The Kier molecular flexibility index (Phi) is 6.21. The van der Waals surface area contributed by atoms with Crippen LogP contribution in [0.5, 0.6) is 0 Å². The topological polar surface area (TPSA) is 66.5 Å². The van der Waals surface area contributed by atoms with Crippen molar-refractivity contribution in [1.29, 1.82) is 0 Å². The number of carbonyl (C=O) groups excluding carboxylic acids is 1. The first-order valence-electron chi connectivity index (χ1n) is 8.85. The normalized spacial score (nSPS) is 16.4. The highest BCUT2D eigenvalue weighted by Gasteiger charge is 2.30. The number of rotatable bonds is 5. The summed E-state index contributed by atoms with van der Waals surface area (Å²) in [5.41, 5.74) is 0.559. The molecule has 0 aliphatic carbocycles. The van der Waals surface area contributed by atoms with Gasteiger partial charge < -0.3 is 5.32 Å². The van der Waals surface area contributed by atoms with E-state index in [-0.39, 0.29) is 18.8 Å². The summed E-state index contributed by atoms with van der Waals surface area (Å²) < 4.78 is 53.2. The Balaban J connectivity index is 1.58. The van der Waals surface area contributed by atoms with Gasteiger partial charge >= 0.3 is 0 Å². The molecule has 1 aliphatic heterocycles. The molecular formula is C20H20F2N2O3S. The standard InChI is InChI=1S/C20H20F2N2O3S/c21-17-7-4-8-18(19(17)22)23-20(25)16-9-12-24(13-10-16)28(26,27)14-11-15-5-2-1-3-6-15/h1-8,11,14,16H,9-10,12-13H2,(H,23,25)/b14-11+. The van der Waals surface area contributed by atoms with Crippen molar-refractivity contribution in [3.8, 4) is 0 Å². The number of hydrogen-bond acceptors (Lipinski definition) is 3. The summed E-state index contributed by atoms with van der Waals surface area (Å²) in [6, 6.07) is 12.6. The molecule has 148 valence electrons. The molecule has 0 radical (unpaired) electrons. The van der Waals surface area contributed by atoms with Crippen LogP contribution in [0.25, 0.3) is 6.08 Å². The van der Waals surface area contributed by atoms with Gasteiger partial charge in [0.2, 0.25) is 15.9 Å². The number of piperidine rings is 1. The Morgan fingerprint density at radius 1 is 1.04 bits per heavy atom. The number of hydrogen-bond donors (Lipinski definition) is 1. The van der Waals surface area contributed by atoms with E-state index in [2.05, 4.69) is 5.32 Å². The molecule has 1 aliphatic rings. The van der Waals surface area contributed by atoms with Crippen LogP contribution < -0.4 is 5.32 Å². The highest BCUT2D eigenvalue weighted by atomic mass is 32.2. The van der Waals surface area contributed by atoms with Crippen LogP contribution in [0.1, 0.15) is 18.4 Å². The van der Waals surface area contributed by atoms with E-state index in [0.29, 0.717) is 12.8 Å². The number of nitrogens with one attached hydrogen (secondary N) is 1. The minimum absolute atomic E-state index is 0.186. The molecule has 0 spiro atoms. The molecule has 0 unspecified atom stereocenters. The Labute approximate surface area is 162 Å². The highest BCUT2D eigenvalue weighted by Crippen LogP contribution is 2.24. The SMILES string of the molecule is O=C(Nc1cccc(F)c1F)C1CCN(S(=O)(=O)/C=C/c2ccccc2)CC1. The third kappa shape index (κ3) is 4.82. The van der Waals surface area contributed by atoms with Crippen molar-refractivity contribution in [1.82, 2.24) is 4.31 Å². The zero-order chi connectivity index (χ0) is 20.1. The molecule has 2 aromatic rings. The first-order chi connectivity index (χ1) is 13.4. The van der Waals surface area contributed by atoms with Crippen molar-refractivity contribution in [3.05, 3.63) is 71.1 Å². The number of nitrogens with zero attached hydrogens (tertiary/aromatic N) is 1. The maximum atomic E-state index is 13.7. The molecule has 0 saturated carbocycles. The van der Waals surface area contributed by atoms with Crippen molar-refractivity contribution in [2.24, 2.45) is 5.92 Å². The van der Waals surface area contributed by atoms with E-state index in [0.717, 1.165) is 17.0 Å². The van der Waals surface area contributed by atoms with Crippen LogP contribution in [-0.2, 0) is 14.8 Å². The largest absolute Gasteiger partial charge is 0.323 e. The monoisotopic (exact) mass is 406 g/mol. The van der Waals surface area contributed by atoms with E-state index in [4.69, 9.17) is 0 Å². The van der Waals surface area contributed by atoms with Crippen LogP contribution in [0.4, 0.5) is 14.5 Å². The van der Waals surface area contributed by atoms with Gasteiger partial charge in [0.1, 0.15) is 0 Å². The molecule has 1 fully saturated rings.